The van der Waals surface area contributed by atoms with E-state index in [0.29, 0.717) is 17.6 Å². The van der Waals surface area contributed by atoms with Gasteiger partial charge < -0.3 is 10.6 Å². The van der Waals surface area contributed by atoms with Crippen LogP contribution >= 0.6 is 0 Å². The molecule has 0 spiro atoms. The smallest absolute Gasteiger partial charge is 0.144 e. The normalized spacial score (nSPS) is 21.9. The van der Waals surface area contributed by atoms with Crippen molar-refractivity contribution in [3.8, 4) is 6.07 Å². The summed E-state index contributed by atoms with van der Waals surface area (Å²) in [7, 11) is 2.02. The molecule has 2 aromatic rings. The molecular weight excluding hydrogens is 260 g/mol. The predicted molar refractivity (Wildman–Crippen MR) is 85.2 cm³/mol. The minimum absolute atomic E-state index is 0.412. The van der Waals surface area contributed by atoms with Gasteiger partial charge in [0.1, 0.15) is 11.9 Å². The SMILES string of the molecule is CNC1CCC(Nc2nc3ccccc3cc2C#N)CC1. The Morgan fingerprint density at radius 1 is 1.14 bits per heavy atom. The Morgan fingerprint density at radius 3 is 2.57 bits per heavy atom. The van der Waals surface area contributed by atoms with Crippen molar-refractivity contribution in [2.24, 2.45) is 0 Å². The van der Waals surface area contributed by atoms with Gasteiger partial charge >= 0.3 is 0 Å². The van der Waals surface area contributed by atoms with Gasteiger partial charge in [0.25, 0.3) is 0 Å². The van der Waals surface area contributed by atoms with Crippen molar-refractivity contribution in [1.29, 1.82) is 5.26 Å². The van der Waals surface area contributed by atoms with Crippen LogP contribution in [0.1, 0.15) is 31.2 Å². The fraction of sp³-hybridized carbons (Fsp3) is 0.412. The van der Waals surface area contributed by atoms with Gasteiger partial charge in [0.05, 0.1) is 11.1 Å². The molecule has 4 nitrogen and oxygen atoms in total. The van der Waals surface area contributed by atoms with Crippen molar-refractivity contribution < 1.29 is 0 Å². The Labute approximate surface area is 125 Å². The number of anilines is 1. The molecule has 108 valence electrons. The van der Waals surface area contributed by atoms with E-state index in [1.807, 2.05) is 37.4 Å². The number of hydrogen-bond acceptors (Lipinski definition) is 4. The van der Waals surface area contributed by atoms with Crippen LogP contribution in [-0.2, 0) is 0 Å². The van der Waals surface area contributed by atoms with Crippen LogP contribution in [0.15, 0.2) is 30.3 Å². The van der Waals surface area contributed by atoms with Crippen molar-refractivity contribution in [3.05, 3.63) is 35.9 Å². The summed E-state index contributed by atoms with van der Waals surface area (Å²) in [5.41, 5.74) is 1.56. The molecule has 0 aliphatic heterocycles. The van der Waals surface area contributed by atoms with Gasteiger partial charge in [0.15, 0.2) is 0 Å². The van der Waals surface area contributed by atoms with E-state index in [-0.39, 0.29) is 0 Å². The van der Waals surface area contributed by atoms with E-state index in [9.17, 15) is 5.26 Å². The largest absolute Gasteiger partial charge is 0.366 e. The number of nitriles is 1. The number of nitrogens with zero attached hydrogens (tertiary/aromatic N) is 2. The minimum atomic E-state index is 0.412. The van der Waals surface area contributed by atoms with Gasteiger partial charge in [0.2, 0.25) is 0 Å². The predicted octanol–water partition coefficient (Wildman–Crippen LogP) is 3.05. The number of aromatic nitrogens is 1. The lowest BCUT2D eigenvalue weighted by molar-refractivity contribution is 0.371. The van der Waals surface area contributed by atoms with Gasteiger partial charge in [-0.15, -0.1) is 0 Å². The third kappa shape index (κ3) is 2.98. The first kappa shape index (κ1) is 13.8. The number of nitrogens with one attached hydrogen (secondary N) is 2. The highest BCUT2D eigenvalue weighted by molar-refractivity contribution is 5.82. The average molecular weight is 280 g/mol. The van der Waals surface area contributed by atoms with E-state index in [4.69, 9.17) is 0 Å². The molecule has 0 unspecified atom stereocenters. The molecule has 21 heavy (non-hydrogen) atoms. The molecule has 1 heterocycles. The van der Waals surface area contributed by atoms with E-state index in [0.717, 1.165) is 29.6 Å². The van der Waals surface area contributed by atoms with Gasteiger partial charge in [-0.2, -0.15) is 5.26 Å². The molecule has 4 heteroatoms. The number of para-hydroxylation sites is 1. The molecule has 1 aliphatic carbocycles. The molecule has 0 saturated heterocycles. The van der Waals surface area contributed by atoms with E-state index >= 15 is 0 Å². The highest BCUT2D eigenvalue weighted by Gasteiger charge is 2.21. The molecule has 2 N–H and O–H groups in total. The van der Waals surface area contributed by atoms with Crippen LogP contribution in [0.3, 0.4) is 0 Å². The number of pyridine rings is 1. The van der Waals surface area contributed by atoms with E-state index in [1.54, 1.807) is 0 Å². The summed E-state index contributed by atoms with van der Waals surface area (Å²) >= 11 is 0. The first-order chi connectivity index (χ1) is 10.3. The van der Waals surface area contributed by atoms with Crippen LogP contribution in [0.25, 0.3) is 10.9 Å². The summed E-state index contributed by atoms with van der Waals surface area (Å²) in [6.07, 6.45) is 4.57. The molecule has 3 rings (SSSR count). The number of benzene rings is 1. The monoisotopic (exact) mass is 280 g/mol. The zero-order chi connectivity index (χ0) is 14.7. The van der Waals surface area contributed by atoms with Crippen LogP contribution in [0.5, 0.6) is 0 Å². The molecule has 1 aliphatic rings. The van der Waals surface area contributed by atoms with Gasteiger partial charge in [-0.25, -0.2) is 4.98 Å². The zero-order valence-corrected chi connectivity index (χ0v) is 12.3. The first-order valence-electron chi connectivity index (χ1n) is 7.54. The molecule has 1 fully saturated rings. The maximum Gasteiger partial charge on any atom is 0.144 e. The number of fused-ring (bicyclic) bond motifs is 1. The highest BCUT2D eigenvalue weighted by Crippen LogP contribution is 2.25. The van der Waals surface area contributed by atoms with Crippen molar-refractivity contribution in [2.75, 3.05) is 12.4 Å². The summed E-state index contributed by atoms with van der Waals surface area (Å²) in [5.74, 6) is 0.726. The Balaban J connectivity index is 1.82. The molecule has 1 aromatic heterocycles. The van der Waals surface area contributed by atoms with Crippen molar-refractivity contribution in [2.45, 2.75) is 37.8 Å². The third-order valence-corrected chi connectivity index (χ3v) is 4.32. The Hall–Kier alpha value is -2.12. The van der Waals surface area contributed by atoms with Gasteiger partial charge in [-0.05, 0) is 44.9 Å². The summed E-state index contributed by atoms with van der Waals surface area (Å²) in [4.78, 5) is 4.63. The lowest BCUT2D eigenvalue weighted by Crippen LogP contribution is -2.35. The third-order valence-electron chi connectivity index (χ3n) is 4.32. The first-order valence-corrected chi connectivity index (χ1v) is 7.54. The van der Waals surface area contributed by atoms with Gasteiger partial charge in [-0.1, -0.05) is 18.2 Å². The molecule has 0 radical (unpaired) electrons. The molecule has 1 saturated carbocycles. The zero-order valence-electron chi connectivity index (χ0n) is 12.3. The number of hydrogen-bond donors (Lipinski definition) is 2. The second kappa shape index (κ2) is 6.11. The summed E-state index contributed by atoms with van der Waals surface area (Å²) in [5, 5.41) is 17.2. The molecule has 1 aromatic carbocycles. The van der Waals surface area contributed by atoms with Crippen LogP contribution < -0.4 is 10.6 Å². The fourth-order valence-electron chi connectivity index (χ4n) is 3.03. The van der Waals surface area contributed by atoms with Gasteiger partial charge in [0, 0.05) is 17.5 Å². The second-order valence-corrected chi connectivity index (χ2v) is 5.67. The maximum absolute atomic E-state index is 9.35. The highest BCUT2D eigenvalue weighted by atomic mass is 15.0. The molecular formula is C17H20N4. The second-order valence-electron chi connectivity index (χ2n) is 5.67. The average Bonchev–Trinajstić information content (AvgIpc) is 2.55. The molecule has 0 atom stereocenters. The van der Waals surface area contributed by atoms with E-state index in [1.165, 1.54) is 12.8 Å². The standard InChI is InChI=1S/C17H20N4/c1-19-14-6-8-15(9-7-14)20-17-13(11-18)10-12-4-2-3-5-16(12)21-17/h2-5,10,14-15,19H,6-9H2,1H3,(H,20,21). The van der Waals surface area contributed by atoms with Crippen LogP contribution in [0.4, 0.5) is 5.82 Å². The van der Waals surface area contributed by atoms with Crippen LogP contribution in [-0.4, -0.2) is 24.1 Å². The Kier molecular flexibility index (Phi) is 4.03. The lowest BCUT2D eigenvalue weighted by Gasteiger charge is -2.29. The van der Waals surface area contributed by atoms with Crippen molar-refractivity contribution in [3.63, 3.8) is 0 Å². The molecule has 0 amide bonds. The number of rotatable bonds is 3. The van der Waals surface area contributed by atoms with E-state index in [2.05, 4.69) is 21.7 Å². The quantitative estimate of drug-likeness (QED) is 0.907. The van der Waals surface area contributed by atoms with Gasteiger partial charge in [-0.3, -0.25) is 0 Å². The van der Waals surface area contributed by atoms with Crippen LogP contribution in [0.2, 0.25) is 0 Å². The summed E-state index contributed by atoms with van der Waals surface area (Å²) in [6, 6.07) is 13.1. The summed E-state index contributed by atoms with van der Waals surface area (Å²) < 4.78 is 0. The summed E-state index contributed by atoms with van der Waals surface area (Å²) in [6.45, 7) is 0. The maximum atomic E-state index is 9.35. The molecule has 0 bridgehead atoms. The van der Waals surface area contributed by atoms with E-state index < -0.39 is 0 Å². The Bertz CT molecular complexity index is 666. The lowest BCUT2D eigenvalue weighted by atomic mass is 9.91. The van der Waals surface area contributed by atoms with Crippen molar-refractivity contribution in [1.82, 2.24) is 10.3 Å². The topological polar surface area (TPSA) is 60.7 Å². The minimum Gasteiger partial charge on any atom is -0.366 e. The van der Waals surface area contributed by atoms with Crippen LogP contribution in [0, 0.1) is 11.3 Å². The Morgan fingerprint density at radius 2 is 1.86 bits per heavy atom. The fourth-order valence-corrected chi connectivity index (χ4v) is 3.03. The van der Waals surface area contributed by atoms with Crippen molar-refractivity contribution >= 4 is 16.7 Å².